The Bertz CT molecular complexity index is 502. The normalized spacial score (nSPS) is 21.4. The number of halogens is 1. The zero-order chi connectivity index (χ0) is 13.8. The summed E-state index contributed by atoms with van der Waals surface area (Å²) < 4.78 is 5.34. The number of benzene rings is 1. The van der Waals surface area contributed by atoms with Gasteiger partial charge in [0.15, 0.2) is 0 Å². The van der Waals surface area contributed by atoms with E-state index in [2.05, 4.69) is 5.32 Å². The molecule has 4 nitrogen and oxygen atoms in total. The second-order valence-electron chi connectivity index (χ2n) is 4.46. The van der Waals surface area contributed by atoms with E-state index in [1.54, 1.807) is 18.2 Å². The Kier molecular flexibility index (Phi) is 4.45. The number of nitrogens with two attached hydrogens (primary N) is 1. The van der Waals surface area contributed by atoms with Crippen LogP contribution in [0.5, 0.6) is 5.75 Å². The van der Waals surface area contributed by atoms with Crippen LogP contribution in [0.1, 0.15) is 13.3 Å². The quantitative estimate of drug-likeness (QED) is 0.833. The average Bonchev–Trinajstić information content (AvgIpc) is 2.80. The largest absolute Gasteiger partial charge is 0.492 e. The maximum Gasteiger partial charge on any atom is 0.231 e. The van der Waals surface area contributed by atoms with Crippen LogP contribution in [0.3, 0.4) is 0 Å². The lowest BCUT2D eigenvalue weighted by Gasteiger charge is -2.12. The molecule has 0 spiro atoms. The van der Waals surface area contributed by atoms with Crippen LogP contribution in [0.25, 0.3) is 0 Å². The van der Waals surface area contributed by atoms with E-state index in [1.165, 1.54) is 0 Å². The van der Waals surface area contributed by atoms with E-state index in [0.717, 1.165) is 0 Å². The van der Waals surface area contributed by atoms with Crippen molar-refractivity contribution in [2.45, 2.75) is 19.4 Å². The highest BCUT2D eigenvalue weighted by molar-refractivity contribution is 6.32. The fraction of sp³-hybridized carbons (Fsp3) is 0.357. The molecule has 1 amide bonds. The van der Waals surface area contributed by atoms with E-state index in [0.29, 0.717) is 29.5 Å². The number of nitrogens with one attached hydrogen (secondary N) is 1. The monoisotopic (exact) mass is 280 g/mol. The van der Waals surface area contributed by atoms with Crippen molar-refractivity contribution in [1.29, 1.82) is 0 Å². The topological polar surface area (TPSA) is 64.3 Å². The Morgan fingerprint density at radius 2 is 2.32 bits per heavy atom. The van der Waals surface area contributed by atoms with Gasteiger partial charge in [-0.05, 0) is 31.5 Å². The first-order chi connectivity index (χ1) is 9.10. The van der Waals surface area contributed by atoms with Gasteiger partial charge in [-0.15, -0.1) is 0 Å². The van der Waals surface area contributed by atoms with E-state index >= 15 is 0 Å². The lowest BCUT2D eigenvalue weighted by Crippen LogP contribution is -2.23. The summed E-state index contributed by atoms with van der Waals surface area (Å²) in [6, 6.07) is 5.17. The van der Waals surface area contributed by atoms with Crippen molar-refractivity contribution in [3.05, 3.63) is 35.4 Å². The summed E-state index contributed by atoms with van der Waals surface area (Å²) >= 11 is 6.06. The SMILES string of the molecule is CCOc1ccc(NC(=O)C2C=CC(N)C2)cc1Cl. The van der Waals surface area contributed by atoms with E-state index < -0.39 is 0 Å². The maximum absolute atomic E-state index is 12.0. The van der Waals surface area contributed by atoms with Gasteiger partial charge in [-0.1, -0.05) is 23.8 Å². The molecule has 0 radical (unpaired) electrons. The zero-order valence-electron chi connectivity index (χ0n) is 10.7. The Balaban J connectivity index is 2.01. The van der Waals surface area contributed by atoms with Gasteiger partial charge in [-0.2, -0.15) is 0 Å². The Labute approximate surface area is 117 Å². The van der Waals surface area contributed by atoms with Crippen LogP contribution in [-0.2, 0) is 4.79 Å². The van der Waals surface area contributed by atoms with Gasteiger partial charge in [0.2, 0.25) is 5.91 Å². The molecule has 0 bridgehead atoms. The first-order valence-electron chi connectivity index (χ1n) is 6.27. The molecular weight excluding hydrogens is 264 g/mol. The molecule has 3 N–H and O–H groups in total. The van der Waals surface area contributed by atoms with Crippen molar-refractivity contribution in [3.63, 3.8) is 0 Å². The fourth-order valence-electron chi connectivity index (χ4n) is 2.01. The number of ether oxygens (including phenoxy) is 1. The van der Waals surface area contributed by atoms with Crippen LogP contribution >= 0.6 is 11.6 Å². The lowest BCUT2D eigenvalue weighted by atomic mass is 10.1. The molecule has 1 aromatic rings. The van der Waals surface area contributed by atoms with E-state index in [9.17, 15) is 4.79 Å². The third-order valence-electron chi connectivity index (χ3n) is 2.95. The summed E-state index contributed by atoms with van der Waals surface area (Å²) in [5, 5.41) is 3.31. The van der Waals surface area contributed by atoms with Gasteiger partial charge in [0.1, 0.15) is 5.75 Å². The summed E-state index contributed by atoms with van der Waals surface area (Å²) in [5.74, 6) is 0.384. The molecule has 0 saturated heterocycles. The van der Waals surface area contributed by atoms with Gasteiger partial charge in [0, 0.05) is 11.7 Å². The third kappa shape index (κ3) is 3.49. The first-order valence-corrected chi connectivity index (χ1v) is 6.65. The van der Waals surface area contributed by atoms with Gasteiger partial charge in [0.05, 0.1) is 17.5 Å². The van der Waals surface area contributed by atoms with Gasteiger partial charge >= 0.3 is 0 Å². The molecule has 2 rings (SSSR count). The van der Waals surface area contributed by atoms with Crippen LogP contribution in [-0.4, -0.2) is 18.6 Å². The van der Waals surface area contributed by atoms with Crippen molar-refractivity contribution in [2.75, 3.05) is 11.9 Å². The minimum absolute atomic E-state index is 0.0281. The molecule has 0 fully saturated rings. The highest BCUT2D eigenvalue weighted by atomic mass is 35.5. The number of anilines is 1. The van der Waals surface area contributed by atoms with Crippen LogP contribution in [0.2, 0.25) is 5.02 Å². The molecule has 102 valence electrons. The number of rotatable bonds is 4. The second kappa shape index (κ2) is 6.08. The zero-order valence-corrected chi connectivity index (χ0v) is 11.5. The molecule has 2 unspecified atom stereocenters. The van der Waals surface area contributed by atoms with Crippen LogP contribution in [0.4, 0.5) is 5.69 Å². The van der Waals surface area contributed by atoms with Crippen molar-refractivity contribution < 1.29 is 9.53 Å². The number of hydrogen-bond donors (Lipinski definition) is 2. The molecule has 0 aromatic heterocycles. The fourth-order valence-corrected chi connectivity index (χ4v) is 2.24. The molecule has 19 heavy (non-hydrogen) atoms. The standard InChI is InChI=1S/C14H17ClN2O2/c1-2-19-13-6-5-11(8-12(13)15)17-14(18)9-3-4-10(16)7-9/h3-6,8-10H,2,7,16H2,1H3,(H,17,18). The highest BCUT2D eigenvalue weighted by Crippen LogP contribution is 2.28. The molecule has 1 aromatic carbocycles. The molecule has 0 saturated carbocycles. The minimum Gasteiger partial charge on any atom is -0.492 e. The van der Waals surface area contributed by atoms with Crippen LogP contribution in [0, 0.1) is 5.92 Å². The Morgan fingerprint density at radius 3 is 2.89 bits per heavy atom. The Hall–Kier alpha value is -1.52. The second-order valence-corrected chi connectivity index (χ2v) is 4.87. The first kappa shape index (κ1) is 13.9. The predicted octanol–water partition coefficient (Wildman–Crippen LogP) is 2.58. The third-order valence-corrected chi connectivity index (χ3v) is 3.25. The summed E-state index contributed by atoms with van der Waals surface area (Å²) in [6.45, 7) is 2.44. The van der Waals surface area contributed by atoms with Crippen LogP contribution in [0.15, 0.2) is 30.4 Å². The maximum atomic E-state index is 12.0. The number of amides is 1. The highest BCUT2D eigenvalue weighted by Gasteiger charge is 2.22. The molecule has 0 aliphatic heterocycles. The molecule has 5 heteroatoms. The number of hydrogen-bond acceptors (Lipinski definition) is 3. The van der Waals surface area contributed by atoms with Crippen molar-refractivity contribution in [3.8, 4) is 5.75 Å². The van der Waals surface area contributed by atoms with E-state index in [1.807, 2.05) is 19.1 Å². The van der Waals surface area contributed by atoms with Crippen LogP contribution < -0.4 is 15.8 Å². The minimum atomic E-state index is -0.166. The summed E-state index contributed by atoms with van der Waals surface area (Å²) in [6.07, 6.45) is 4.35. The van der Waals surface area contributed by atoms with Gasteiger partial charge < -0.3 is 15.8 Å². The summed E-state index contributed by atoms with van der Waals surface area (Å²) in [4.78, 5) is 12.0. The van der Waals surface area contributed by atoms with Crippen molar-refractivity contribution in [1.82, 2.24) is 0 Å². The molecule has 1 aliphatic carbocycles. The van der Waals surface area contributed by atoms with E-state index in [-0.39, 0.29) is 17.9 Å². The summed E-state index contributed by atoms with van der Waals surface area (Å²) in [5.41, 5.74) is 6.39. The van der Waals surface area contributed by atoms with Crippen molar-refractivity contribution in [2.24, 2.45) is 11.7 Å². The molecular formula is C14H17ClN2O2. The predicted molar refractivity (Wildman–Crippen MR) is 76.5 cm³/mol. The van der Waals surface area contributed by atoms with Crippen molar-refractivity contribution >= 4 is 23.2 Å². The lowest BCUT2D eigenvalue weighted by molar-refractivity contribution is -0.118. The summed E-state index contributed by atoms with van der Waals surface area (Å²) in [7, 11) is 0. The smallest absolute Gasteiger partial charge is 0.231 e. The molecule has 0 heterocycles. The number of carbonyl (C=O) groups excluding carboxylic acids is 1. The van der Waals surface area contributed by atoms with Gasteiger partial charge in [0.25, 0.3) is 0 Å². The Morgan fingerprint density at radius 1 is 1.53 bits per heavy atom. The van der Waals surface area contributed by atoms with E-state index in [4.69, 9.17) is 22.1 Å². The average molecular weight is 281 g/mol. The molecule has 1 aliphatic rings. The molecule has 2 atom stereocenters. The van der Waals surface area contributed by atoms with Gasteiger partial charge in [-0.25, -0.2) is 0 Å². The number of carbonyl (C=O) groups is 1. The van der Waals surface area contributed by atoms with Gasteiger partial charge in [-0.3, -0.25) is 4.79 Å².